The van der Waals surface area contributed by atoms with E-state index in [0.717, 1.165) is 37.1 Å². The lowest BCUT2D eigenvalue weighted by molar-refractivity contribution is -0.0499. The van der Waals surface area contributed by atoms with Crippen molar-refractivity contribution >= 4 is 0 Å². The lowest BCUT2D eigenvalue weighted by Crippen LogP contribution is -2.51. The summed E-state index contributed by atoms with van der Waals surface area (Å²) < 4.78 is 29.2. The molecule has 1 aliphatic carbocycles. The molecule has 1 aliphatic heterocycles. The van der Waals surface area contributed by atoms with Crippen molar-refractivity contribution in [1.82, 2.24) is 5.32 Å². The summed E-state index contributed by atoms with van der Waals surface area (Å²) in [5, 5.41) is 3.34. The molecular formula is C15H19F2NO. The first-order chi connectivity index (χ1) is 9.06. The Morgan fingerprint density at radius 2 is 2.11 bits per heavy atom. The highest BCUT2D eigenvalue weighted by atomic mass is 19.3. The van der Waals surface area contributed by atoms with Crippen LogP contribution in [0.2, 0.25) is 0 Å². The van der Waals surface area contributed by atoms with Gasteiger partial charge in [-0.05, 0) is 60.8 Å². The molecule has 2 aliphatic rings. The average molecular weight is 267 g/mol. The summed E-state index contributed by atoms with van der Waals surface area (Å²) in [7, 11) is 0. The number of halogens is 2. The number of aryl methyl sites for hydroxylation is 1. The van der Waals surface area contributed by atoms with E-state index in [9.17, 15) is 8.78 Å². The lowest BCUT2D eigenvalue weighted by atomic mass is 9.79. The molecule has 1 spiro atoms. The number of hydrogen-bond acceptors (Lipinski definition) is 2. The van der Waals surface area contributed by atoms with Crippen LogP contribution in [-0.4, -0.2) is 19.7 Å². The molecule has 1 atom stereocenters. The third-order valence-corrected chi connectivity index (χ3v) is 4.47. The Morgan fingerprint density at radius 3 is 2.68 bits per heavy atom. The van der Waals surface area contributed by atoms with Crippen molar-refractivity contribution in [2.75, 3.05) is 13.1 Å². The summed E-state index contributed by atoms with van der Waals surface area (Å²) in [6.45, 7) is 1.39. The Kier molecular flexibility index (Phi) is 3.21. The monoisotopic (exact) mass is 267 g/mol. The normalized spacial score (nSPS) is 24.7. The van der Waals surface area contributed by atoms with Crippen LogP contribution >= 0.6 is 0 Å². The molecule has 0 radical (unpaired) electrons. The maximum Gasteiger partial charge on any atom is 0.387 e. The highest BCUT2D eigenvalue weighted by molar-refractivity contribution is 5.36. The van der Waals surface area contributed by atoms with E-state index in [-0.39, 0.29) is 5.75 Å². The molecule has 1 saturated heterocycles. The molecule has 1 N–H and O–H groups in total. The number of hydrogen-bond donors (Lipinski definition) is 1. The summed E-state index contributed by atoms with van der Waals surface area (Å²) in [5.41, 5.74) is 2.61. The SMILES string of the molecule is Cc1cc(OC(F)F)cc(C2CCC3(CNC3)C2)c1. The van der Waals surface area contributed by atoms with Crippen molar-refractivity contribution in [3.63, 3.8) is 0 Å². The van der Waals surface area contributed by atoms with Gasteiger partial charge in [-0.15, -0.1) is 0 Å². The van der Waals surface area contributed by atoms with E-state index in [1.165, 1.54) is 6.42 Å². The van der Waals surface area contributed by atoms with E-state index in [1.807, 2.05) is 6.92 Å². The largest absolute Gasteiger partial charge is 0.435 e. The zero-order valence-electron chi connectivity index (χ0n) is 11.1. The van der Waals surface area contributed by atoms with Gasteiger partial charge in [0.1, 0.15) is 5.75 Å². The van der Waals surface area contributed by atoms with Gasteiger partial charge in [0.2, 0.25) is 0 Å². The van der Waals surface area contributed by atoms with Crippen molar-refractivity contribution in [1.29, 1.82) is 0 Å². The molecule has 1 unspecified atom stereocenters. The molecule has 0 aromatic heterocycles. The zero-order valence-corrected chi connectivity index (χ0v) is 11.1. The predicted molar refractivity (Wildman–Crippen MR) is 69.7 cm³/mol. The Hall–Kier alpha value is -1.16. The molecule has 1 aromatic carbocycles. The van der Waals surface area contributed by atoms with Crippen LogP contribution in [0.25, 0.3) is 0 Å². The summed E-state index contributed by atoms with van der Waals surface area (Å²) in [6.07, 6.45) is 3.56. The first-order valence-corrected chi connectivity index (χ1v) is 6.83. The molecule has 0 amide bonds. The van der Waals surface area contributed by atoms with E-state index in [2.05, 4.69) is 16.1 Å². The van der Waals surface area contributed by atoms with Gasteiger partial charge in [0.25, 0.3) is 0 Å². The Morgan fingerprint density at radius 1 is 1.32 bits per heavy atom. The van der Waals surface area contributed by atoms with Gasteiger partial charge < -0.3 is 10.1 Å². The molecule has 104 valence electrons. The van der Waals surface area contributed by atoms with Crippen LogP contribution in [0.3, 0.4) is 0 Å². The minimum atomic E-state index is -2.75. The van der Waals surface area contributed by atoms with Crippen molar-refractivity contribution in [2.24, 2.45) is 5.41 Å². The van der Waals surface area contributed by atoms with Crippen LogP contribution in [0.5, 0.6) is 5.75 Å². The maximum absolute atomic E-state index is 12.3. The number of ether oxygens (including phenoxy) is 1. The second-order valence-corrected chi connectivity index (χ2v) is 6.00. The van der Waals surface area contributed by atoms with E-state index in [0.29, 0.717) is 11.3 Å². The number of rotatable bonds is 3. The third kappa shape index (κ3) is 2.59. The van der Waals surface area contributed by atoms with Gasteiger partial charge in [-0.3, -0.25) is 0 Å². The Balaban J connectivity index is 1.78. The van der Waals surface area contributed by atoms with Gasteiger partial charge in [0, 0.05) is 13.1 Å². The average Bonchev–Trinajstić information content (AvgIpc) is 2.71. The van der Waals surface area contributed by atoms with E-state index in [4.69, 9.17) is 0 Å². The number of alkyl halides is 2. The topological polar surface area (TPSA) is 21.3 Å². The van der Waals surface area contributed by atoms with Gasteiger partial charge in [0.05, 0.1) is 0 Å². The van der Waals surface area contributed by atoms with Gasteiger partial charge in [0.15, 0.2) is 0 Å². The van der Waals surface area contributed by atoms with Crippen LogP contribution in [0.1, 0.15) is 36.3 Å². The third-order valence-electron chi connectivity index (χ3n) is 4.47. The van der Waals surface area contributed by atoms with Gasteiger partial charge in [-0.1, -0.05) is 6.07 Å². The molecule has 2 fully saturated rings. The Labute approximate surface area is 112 Å². The summed E-state index contributed by atoms with van der Waals surface area (Å²) >= 11 is 0. The molecule has 1 saturated carbocycles. The fourth-order valence-electron chi connectivity index (χ4n) is 3.47. The number of benzene rings is 1. The minimum absolute atomic E-state index is 0.290. The molecule has 3 rings (SSSR count). The number of nitrogens with one attached hydrogen (secondary N) is 1. The van der Waals surface area contributed by atoms with Gasteiger partial charge in [-0.2, -0.15) is 8.78 Å². The van der Waals surface area contributed by atoms with Crippen molar-refractivity contribution in [3.8, 4) is 5.75 Å². The van der Waals surface area contributed by atoms with Crippen LogP contribution in [0.15, 0.2) is 18.2 Å². The molecule has 0 bridgehead atoms. The van der Waals surface area contributed by atoms with Crippen molar-refractivity contribution in [3.05, 3.63) is 29.3 Å². The summed E-state index contributed by atoms with van der Waals surface area (Å²) in [5.74, 6) is 0.778. The standard InChI is InChI=1S/C15H19F2NO/c1-10-4-12(6-13(5-10)19-14(16)17)11-2-3-15(7-11)8-18-9-15/h4-6,11,14,18H,2-3,7-9H2,1H3. The minimum Gasteiger partial charge on any atom is -0.435 e. The quantitative estimate of drug-likeness (QED) is 0.905. The molecule has 4 heteroatoms. The first kappa shape index (κ1) is 12.9. The fraction of sp³-hybridized carbons (Fsp3) is 0.600. The second kappa shape index (κ2) is 4.75. The first-order valence-electron chi connectivity index (χ1n) is 6.83. The predicted octanol–water partition coefficient (Wildman–Crippen LogP) is 3.45. The fourth-order valence-corrected chi connectivity index (χ4v) is 3.47. The van der Waals surface area contributed by atoms with Crippen LogP contribution in [0, 0.1) is 12.3 Å². The highest BCUT2D eigenvalue weighted by Crippen LogP contribution is 2.49. The molecule has 1 aromatic rings. The van der Waals surface area contributed by atoms with Crippen molar-refractivity contribution in [2.45, 2.75) is 38.7 Å². The zero-order chi connectivity index (χ0) is 13.5. The van der Waals surface area contributed by atoms with Crippen LogP contribution < -0.4 is 10.1 Å². The second-order valence-electron chi connectivity index (χ2n) is 6.00. The van der Waals surface area contributed by atoms with E-state index < -0.39 is 6.61 Å². The highest BCUT2D eigenvalue weighted by Gasteiger charge is 2.43. The Bertz CT molecular complexity index is 471. The van der Waals surface area contributed by atoms with Crippen LogP contribution in [-0.2, 0) is 0 Å². The lowest BCUT2D eigenvalue weighted by Gasteiger charge is -2.39. The summed E-state index contributed by atoms with van der Waals surface area (Å²) in [4.78, 5) is 0. The van der Waals surface area contributed by atoms with Crippen molar-refractivity contribution < 1.29 is 13.5 Å². The van der Waals surface area contributed by atoms with E-state index in [1.54, 1.807) is 12.1 Å². The van der Waals surface area contributed by atoms with Gasteiger partial charge in [-0.25, -0.2) is 0 Å². The molecular weight excluding hydrogens is 248 g/mol. The molecule has 2 nitrogen and oxygen atoms in total. The summed E-state index contributed by atoms with van der Waals surface area (Å²) in [6, 6.07) is 5.56. The smallest absolute Gasteiger partial charge is 0.387 e. The van der Waals surface area contributed by atoms with Crippen LogP contribution in [0.4, 0.5) is 8.78 Å². The van der Waals surface area contributed by atoms with Gasteiger partial charge >= 0.3 is 6.61 Å². The molecule has 19 heavy (non-hydrogen) atoms. The maximum atomic E-state index is 12.3. The van der Waals surface area contributed by atoms with E-state index >= 15 is 0 Å². The molecule has 1 heterocycles.